The Labute approximate surface area is 119 Å². The normalized spacial score (nSPS) is 37.5. The van der Waals surface area contributed by atoms with Crippen LogP contribution in [0.25, 0.3) is 0 Å². The van der Waals surface area contributed by atoms with Gasteiger partial charge < -0.3 is 9.63 Å². The smallest absolute Gasteiger partial charge is 0.381 e. The van der Waals surface area contributed by atoms with E-state index in [1.54, 1.807) is 11.8 Å². The van der Waals surface area contributed by atoms with Crippen LogP contribution in [0.5, 0.6) is 0 Å². The molecule has 0 radical (unpaired) electrons. The maximum atomic E-state index is 11.7. The summed E-state index contributed by atoms with van der Waals surface area (Å²) in [6, 6.07) is 0.183. The molecule has 0 amide bonds. The summed E-state index contributed by atoms with van der Waals surface area (Å²) in [5, 5.41) is 0.357. The average Bonchev–Trinajstić information content (AvgIpc) is 3.07. The van der Waals surface area contributed by atoms with Crippen LogP contribution in [-0.4, -0.2) is 49.1 Å². The van der Waals surface area contributed by atoms with Gasteiger partial charge in [0.1, 0.15) is 7.85 Å². The third-order valence-electron chi connectivity index (χ3n) is 3.57. The molecule has 5 nitrogen and oxygen atoms in total. The van der Waals surface area contributed by atoms with Gasteiger partial charge in [-0.15, -0.1) is 0 Å². The Hall–Kier alpha value is 0.485. The number of phosphoric acid groups is 1. The first kappa shape index (κ1) is 15.9. The van der Waals surface area contributed by atoms with Crippen LogP contribution in [0.3, 0.4) is 0 Å². The highest BCUT2D eigenvalue weighted by Crippen LogP contribution is 2.46. The highest BCUT2D eigenvalue weighted by Gasteiger charge is 2.37. The highest BCUT2D eigenvalue weighted by atomic mass is 32.2. The van der Waals surface area contributed by atoms with Crippen LogP contribution in [0.1, 0.15) is 20.3 Å². The minimum Gasteiger partial charge on any atom is -0.381 e. The molecule has 5 atom stereocenters. The lowest BCUT2D eigenvalue weighted by Gasteiger charge is -2.22. The van der Waals surface area contributed by atoms with Gasteiger partial charge in [-0.05, 0) is 18.3 Å². The third kappa shape index (κ3) is 5.07. The Morgan fingerprint density at radius 3 is 2.68 bits per heavy atom. The summed E-state index contributed by atoms with van der Waals surface area (Å²) < 4.78 is 27.5. The molecular formula is C11H22BO5PS. The molecule has 1 N–H and O–H groups in total. The predicted molar refractivity (Wildman–Crippen MR) is 78.1 cm³/mol. The molecule has 8 heteroatoms. The number of phosphoric ester groups is 1. The van der Waals surface area contributed by atoms with Crippen LogP contribution in [-0.2, 0) is 18.3 Å². The lowest BCUT2D eigenvalue weighted by molar-refractivity contribution is 0.0137. The van der Waals surface area contributed by atoms with E-state index < -0.39 is 7.82 Å². The monoisotopic (exact) mass is 308 g/mol. The van der Waals surface area contributed by atoms with Gasteiger partial charge in [0.25, 0.3) is 0 Å². The van der Waals surface area contributed by atoms with E-state index in [1.165, 1.54) is 0 Å². The zero-order valence-corrected chi connectivity index (χ0v) is 13.4. The van der Waals surface area contributed by atoms with Crippen LogP contribution in [0.2, 0.25) is 0 Å². The van der Waals surface area contributed by atoms with Crippen molar-refractivity contribution >= 4 is 27.4 Å². The Bertz CT molecular complexity index is 352. The molecule has 0 aliphatic carbocycles. The molecule has 0 aromatic rings. The number of ether oxygens (including phenoxy) is 1. The summed E-state index contributed by atoms with van der Waals surface area (Å²) in [5.41, 5.74) is 0. The van der Waals surface area contributed by atoms with E-state index in [-0.39, 0.29) is 25.3 Å². The van der Waals surface area contributed by atoms with Crippen molar-refractivity contribution < 1.29 is 23.2 Å². The molecule has 0 saturated carbocycles. The first-order valence-electron chi connectivity index (χ1n) is 6.76. The first-order chi connectivity index (χ1) is 8.87. The highest BCUT2D eigenvalue weighted by molar-refractivity contribution is 8.06. The Kier molecular flexibility index (Phi) is 5.43. The van der Waals surface area contributed by atoms with Gasteiger partial charge in [0.15, 0.2) is 0 Å². The van der Waals surface area contributed by atoms with Crippen molar-refractivity contribution in [2.45, 2.75) is 37.6 Å². The van der Waals surface area contributed by atoms with Gasteiger partial charge in [0.05, 0.1) is 19.3 Å². The van der Waals surface area contributed by atoms with E-state index in [0.717, 1.165) is 12.2 Å². The summed E-state index contributed by atoms with van der Waals surface area (Å²) in [7, 11) is -1.91. The minimum atomic E-state index is -3.93. The van der Waals surface area contributed by atoms with Crippen LogP contribution < -0.4 is 0 Å². The lowest BCUT2D eigenvalue weighted by atomic mass is 9.84. The summed E-state index contributed by atoms with van der Waals surface area (Å²) >= 11 is 1.72. The molecule has 0 bridgehead atoms. The van der Waals surface area contributed by atoms with Gasteiger partial charge in [0.2, 0.25) is 0 Å². The van der Waals surface area contributed by atoms with Crippen molar-refractivity contribution in [1.29, 1.82) is 0 Å². The molecule has 110 valence electrons. The largest absolute Gasteiger partial charge is 0.472 e. The zero-order chi connectivity index (χ0) is 14.0. The van der Waals surface area contributed by atoms with E-state index >= 15 is 0 Å². The molecule has 2 saturated heterocycles. The fraction of sp³-hybridized carbons (Fsp3) is 1.00. The van der Waals surface area contributed by atoms with Gasteiger partial charge in [0, 0.05) is 17.0 Å². The molecule has 2 rings (SSSR count). The molecule has 0 aromatic carbocycles. The van der Waals surface area contributed by atoms with Gasteiger partial charge in [-0.1, -0.05) is 13.8 Å². The second-order valence-electron chi connectivity index (χ2n) is 5.64. The minimum absolute atomic E-state index is 0.116. The Balaban J connectivity index is 1.77. The quantitative estimate of drug-likeness (QED) is 0.434. The molecule has 5 unspecified atom stereocenters. The second kappa shape index (κ2) is 6.50. The molecular weight excluding hydrogens is 286 g/mol. The van der Waals surface area contributed by atoms with E-state index in [1.807, 2.05) is 7.85 Å². The second-order valence-corrected chi connectivity index (χ2v) is 8.43. The van der Waals surface area contributed by atoms with Crippen molar-refractivity contribution in [1.82, 2.24) is 0 Å². The van der Waals surface area contributed by atoms with Gasteiger partial charge in [-0.25, -0.2) is 4.57 Å². The van der Waals surface area contributed by atoms with Crippen LogP contribution in [0.15, 0.2) is 0 Å². The summed E-state index contributed by atoms with van der Waals surface area (Å²) in [6.45, 7) is 4.68. The van der Waals surface area contributed by atoms with Crippen LogP contribution in [0, 0.1) is 11.8 Å². The molecule has 2 heterocycles. The van der Waals surface area contributed by atoms with E-state index in [0.29, 0.717) is 17.1 Å². The fourth-order valence-electron chi connectivity index (χ4n) is 2.40. The first-order valence-corrected chi connectivity index (χ1v) is 9.31. The topological polar surface area (TPSA) is 65.0 Å². The molecule has 19 heavy (non-hydrogen) atoms. The Morgan fingerprint density at radius 1 is 1.47 bits per heavy atom. The predicted octanol–water partition coefficient (Wildman–Crippen LogP) is 1.26. The molecule has 2 aliphatic rings. The summed E-state index contributed by atoms with van der Waals surface area (Å²) in [5.74, 6) is 1.84. The maximum absolute atomic E-state index is 11.7. The fourth-order valence-corrected chi connectivity index (χ4v) is 3.68. The summed E-state index contributed by atoms with van der Waals surface area (Å²) in [6.07, 6.45) is 0.857. The van der Waals surface area contributed by atoms with E-state index in [4.69, 9.17) is 13.8 Å². The average molecular weight is 308 g/mol. The summed E-state index contributed by atoms with van der Waals surface area (Å²) in [4.78, 5) is 9.59. The van der Waals surface area contributed by atoms with Crippen molar-refractivity contribution in [2.24, 2.45) is 11.8 Å². The number of rotatable bonds is 7. The standard InChI is InChI=1S/C11H22BO5PS/c1-7(2)9-3-11(12)17-10(9)5-16-18(13,14)15-4-8-6-19-8/h7-11H,3-6,12H2,1-2H3,(H,13,14). The van der Waals surface area contributed by atoms with E-state index in [9.17, 15) is 9.46 Å². The Morgan fingerprint density at radius 2 is 2.11 bits per heavy atom. The zero-order valence-electron chi connectivity index (χ0n) is 11.7. The van der Waals surface area contributed by atoms with Gasteiger partial charge >= 0.3 is 7.82 Å². The SMILES string of the molecule is BC1CC(C(C)C)C(COP(=O)(O)OCC2CS2)O1. The van der Waals surface area contributed by atoms with Crippen molar-refractivity contribution in [3.8, 4) is 0 Å². The number of hydrogen-bond donors (Lipinski definition) is 1. The lowest BCUT2D eigenvalue weighted by Crippen LogP contribution is -2.26. The van der Waals surface area contributed by atoms with E-state index in [2.05, 4.69) is 13.8 Å². The van der Waals surface area contributed by atoms with Crippen LogP contribution in [0.4, 0.5) is 0 Å². The van der Waals surface area contributed by atoms with Gasteiger partial charge in [-0.2, -0.15) is 11.8 Å². The molecule has 2 aliphatic heterocycles. The third-order valence-corrected chi connectivity index (χ3v) is 5.46. The molecule has 0 aromatic heterocycles. The molecule has 2 fully saturated rings. The van der Waals surface area contributed by atoms with Crippen LogP contribution >= 0.6 is 19.6 Å². The van der Waals surface area contributed by atoms with Crippen molar-refractivity contribution in [2.75, 3.05) is 19.0 Å². The molecule has 0 spiro atoms. The van der Waals surface area contributed by atoms with Crippen molar-refractivity contribution in [3.05, 3.63) is 0 Å². The number of hydrogen-bond acceptors (Lipinski definition) is 5. The van der Waals surface area contributed by atoms with Crippen molar-refractivity contribution in [3.63, 3.8) is 0 Å². The van der Waals surface area contributed by atoms with Gasteiger partial charge in [-0.3, -0.25) is 9.05 Å². The maximum Gasteiger partial charge on any atom is 0.472 e. The number of thioether (sulfide) groups is 1.